The maximum absolute atomic E-state index is 13.8. The van der Waals surface area contributed by atoms with E-state index >= 15 is 0 Å². The molecule has 0 aliphatic heterocycles. The number of sulfonamides is 1. The fourth-order valence-electron chi connectivity index (χ4n) is 1.98. The van der Waals surface area contributed by atoms with Crippen molar-refractivity contribution in [3.8, 4) is 5.69 Å². The van der Waals surface area contributed by atoms with Gasteiger partial charge >= 0.3 is 0 Å². The molecule has 1 aromatic heterocycles. The smallest absolute Gasteiger partial charge is 0.264 e. The minimum atomic E-state index is -4.12. The largest absolute Gasteiger partial charge is 0.277 e. The van der Waals surface area contributed by atoms with E-state index < -0.39 is 20.7 Å². The van der Waals surface area contributed by atoms with Crippen molar-refractivity contribution in [1.29, 1.82) is 0 Å². The summed E-state index contributed by atoms with van der Waals surface area (Å²) in [4.78, 5) is 3.36. The molecule has 0 bridgehead atoms. The minimum Gasteiger partial charge on any atom is -0.277 e. The average molecular weight is 353 g/mol. The molecule has 0 saturated heterocycles. The molecule has 3 rings (SSSR count). The average Bonchev–Trinajstić information content (AvgIpc) is 3.01. The van der Waals surface area contributed by atoms with Crippen LogP contribution in [0.3, 0.4) is 0 Å². The topological polar surface area (TPSA) is 76.9 Å². The Labute approximate surface area is 136 Å². The zero-order valence-electron chi connectivity index (χ0n) is 11.5. The van der Waals surface area contributed by atoms with E-state index in [1.54, 1.807) is 12.1 Å². The van der Waals surface area contributed by atoms with E-state index in [1.807, 2.05) is 0 Å². The van der Waals surface area contributed by atoms with Crippen LogP contribution in [0.2, 0.25) is 5.02 Å². The van der Waals surface area contributed by atoms with Crippen molar-refractivity contribution in [2.45, 2.75) is 4.90 Å². The quantitative estimate of drug-likeness (QED) is 0.783. The third-order valence-corrected chi connectivity index (χ3v) is 4.63. The van der Waals surface area contributed by atoms with Gasteiger partial charge in [0.1, 0.15) is 23.4 Å². The number of halogens is 2. The molecule has 0 radical (unpaired) electrons. The van der Waals surface area contributed by atoms with Crippen molar-refractivity contribution >= 4 is 27.3 Å². The summed E-state index contributed by atoms with van der Waals surface area (Å²) in [5.41, 5.74) is 0.568. The zero-order chi connectivity index (χ0) is 16.4. The van der Waals surface area contributed by atoms with E-state index in [1.165, 1.54) is 41.6 Å². The lowest BCUT2D eigenvalue weighted by Gasteiger charge is -2.13. The van der Waals surface area contributed by atoms with Gasteiger partial charge in [-0.3, -0.25) is 4.72 Å². The lowest BCUT2D eigenvalue weighted by atomic mass is 10.3. The van der Waals surface area contributed by atoms with E-state index in [4.69, 9.17) is 11.6 Å². The number of hydrogen-bond acceptors (Lipinski definition) is 4. The standard InChI is InChI=1S/C14H10ClFN4O2S/c15-10-5-6-13(20-9-17-8-18-20)12(7-10)19-23(21,22)14-4-2-1-3-11(14)16/h1-9,19H. The highest BCUT2D eigenvalue weighted by molar-refractivity contribution is 7.92. The summed E-state index contributed by atoms with van der Waals surface area (Å²) in [5, 5.41) is 4.27. The van der Waals surface area contributed by atoms with Crippen molar-refractivity contribution < 1.29 is 12.8 Å². The van der Waals surface area contributed by atoms with Crippen LogP contribution in [0.1, 0.15) is 0 Å². The Hall–Kier alpha value is -2.45. The Kier molecular flexibility index (Phi) is 4.01. The maximum atomic E-state index is 13.8. The predicted octanol–water partition coefficient (Wildman–Crippen LogP) is 2.86. The molecule has 9 heteroatoms. The molecular formula is C14H10ClFN4O2S. The molecule has 3 aromatic rings. The molecule has 0 aliphatic rings. The van der Waals surface area contributed by atoms with Crippen LogP contribution in [-0.2, 0) is 10.0 Å². The first kappa shape index (κ1) is 15.4. The molecule has 0 aliphatic carbocycles. The Bertz CT molecular complexity index is 945. The van der Waals surface area contributed by atoms with E-state index in [0.29, 0.717) is 10.7 Å². The van der Waals surface area contributed by atoms with Gasteiger partial charge in [0, 0.05) is 5.02 Å². The van der Waals surface area contributed by atoms with E-state index in [2.05, 4.69) is 14.8 Å². The summed E-state index contributed by atoms with van der Waals surface area (Å²) in [6, 6.07) is 9.68. The van der Waals surface area contributed by atoms with Crippen LogP contribution in [0.4, 0.5) is 10.1 Å². The highest BCUT2D eigenvalue weighted by Crippen LogP contribution is 2.27. The highest BCUT2D eigenvalue weighted by Gasteiger charge is 2.20. The molecule has 0 spiro atoms. The number of rotatable bonds is 4. The van der Waals surface area contributed by atoms with Gasteiger partial charge < -0.3 is 0 Å². The molecular weight excluding hydrogens is 343 g/mol. The summed E-state index contributed by atoms with van der Waals surface area (Å²) in [6.45, 7) is 0. The molecule has 118 valence electrons. The molecule has 1 N–H and O–H groups in total. The molecule has 0 saturated carbocycles. The van der Waals surface area contributed by atoms with Crippen molar-refractivity contribution in [2.75, 3.05) is 4.72 Å². The van der Waals surface area contributed by atoms with Crippen molar-refractivity contribution in [3.05, 3.63) is 66.0 Å². The Balaban J connectivity index is 2.06. The van der Waals surface area contributed by atoms with Gasteiger partial charge in [-0.2, -0.15) is 5.10 Å². The molecule has 1 heterocycles. The fourth-order valence-corrected chi connectivity index (χ4v) is 3.30. The number of nitrogens with one attached hydrogen (secondary N) is 1. The monoisotopic (exact) mass is 352 g/mol. The second kappa shape index (κ2) is 5.98. The zero-order valence-corrected chi connectivity index (χ0v) is 13.1. The molecule has 0 fully saturated rings. The van der Waals surface area contributed by atoms with Crippen LogP contribution in [0.15, 0.2) is 60.0 Å². The summed E-state index contributed by atoms with van der Waals surface area (Å²) in [5.74, 6) is -0.843. The Morgan fingerprint density at radius 3 is 2.65 bits per heavy atom. The van der Waals surface area contributed by atoms with E-state index in [0.717, 1.165) is 6.07 Å². The van der Waals surface area contributed by atoms with Crippen LogP contribution < -0.4 is 4.72 Å². The van der Waals surface area contributed by atoms with Crippen LogP contribution >= 0.6 is 11.6 Å². The first-order valence-corrected chi connectivity index (χ1v) is 8.25. The molecule has 2 aromatic carbocycles. The first-order valence-electron chi connectivity index (χ1n) is 6.39. The van der Waals surface area contributed by atoms with Crippen molar-refractivity contribution in [1.82, 2.24) is 14.8 Å². The van der Waals surface area contributed by atoms with Gasteiger partial charge in [-0.15, -0.1) is 0 Å². The SMILES string of the molecule is O=S(=O)(Nc1cc(Cl)ccc1-n1cncn1)c1ccccc1F. The molecule has 23 heavy (non-hydrogen) atoms. The fraction of sp³-hybridized carbons (Fsp3) is 0. The number of nitrogens with zero attached hydrogens (tertiary/aromatic N) is 3. The third kappa shape index (κ3) is 3.17. The van der Waals surface area contributed by atoms with Gasteiger partial charge in [0.15, 0.2) is 0 Å². The molecule has 0 unspecified atom stereocenters. The minimum absolute atomic E-state index is 0.159. The van der Waals surface area contributed by atoms with E-state index in [-0.39, 0.29) is 5.69 Å². The molecule has 6 nitrogen and oxygen atoms in total. The van der Waals surface area contributed by atoms with Crippen LogP contribution in [0.5, 0.6) is 0 Å². The van der Waals surface area contributed by atoms with Gasteiger partial charge in [-0.05, 0) is 30.3 Å². The second-order valence-corrected chi connectivity index (χ2v) is 6.62. The first-order chi connectivity index (χ1) is 11.0. The molecule has 0 atom stereocenters. The second-order valence-electron chi connectivity index (χ2n) is 4.54. The summed E-state index contributed by atoms with van der Waals surface area (Å²) < 4.78 is 42.3. The normalized spacial score (nSPS) is 11.4. The maximum Gasteiger partial charge on any atom is 0.264 e. The lowest BCUT2D eigenvalue weighted by molar-refractivity contribution is 0.570. The van der Waals surface area contributed by atoms with Gasteiger partial charge in [0.05, 0.1) is 11.4 Å². The lowest BCUT2D eigenvalue weighted by Crippen LogP contribution is -2.16. The van der Waals surface area contributed by atoms with Gasteiger partial charge in [0.25, 0.3) is 10.0 Å². The highest BCUT2D eigenvalue weighted by atomic mass is 35.5. The number of anilines is 1. The summed E-state index contributed by atoms with van der Waals surface area (Å²) >= 11 is 5.93. The van der Waals surface area contributed by atoms with Crippen LogP contribution in [0, 0.1) is 5.82 Å². The van der Waals surface area contributed by atoms with Gasteiger partial charge in [-0.1, -0.05) is 23.7 Å². The van der Waals surface area contributed by atoms with Crippen molar-refractivity contribution in [3.63, 3.8) is 0 Å². The summed E-state index contributed by atoms with van der Waals surface area (Å²) in [7, 11) is -4.12. The Morgan fingerprint density at radius 1 is 1.17 bits per heavy atom. The third-order valence-electron chi connectivity index (χ3n) is 2.99. The van der Waals surface area contributed by atoms with E-state index in [9.17, 15) is 12.8 Å². The number of aromatic nitrogens is 3. The summed E-state index contributed by atoms with van der Waals surface area (Å²) in [6.07, 6.45) is 2.72. The number of benzene rings is 2. The predicted molar refractivity (Wildman–Crippen MR) is 83.6 cm³/mol. The van der Waals surface area contributed by atoms with Crippen LogP contribution in [-0.4, -0.2) is 23.2 Å². The van der Waals surface area contributed by atoms with Gasteiger partial charge in [-0.25, -0.2) is 22.5 Å². The van der Waals surface area contributed by atoms with Gasteiger partial charge in [0.2, 0.25) is 0 Å². The Morgan fingerprint density at radius 2 is 1.96 bits per heavy atom. The number of hydrogen-bond donors (Lipinski definition) is 1. The molecule has 0 amide bonds. The van der Waals surface area contributed by atoms with Crippen molar-refractivity contribution in [2.24, 2.45) is 0 Å². The van der Waals surface area contributed by atoms with Crippen LogP contribution in [0.25, 0.3) is 5.69 Å².